The smallest absolute Gasteiger partial charge is 0.307 e. The van der Waals surface area contributed by atoms with Gasteiger partial charge in [-0.3, -0.25) is 19.8 Å². The number of nitro groups is 1. The molecule has 0 aliphatic carbocycles. The number of hydrogen-bond donors (Lipinski definition) is 0. The number of piperazine rings is 1. The predicted molar refractivity (Wildman–Crippen MR) is 108 cm³/mol. The summed E-state index contributed by atoms with van der Waals surface area (Å²) in [5.74, 6) is -0.340. The van der Waals surface area contributed by atoms with E-state index >= 15 is 0 Å². The molecule has 0 radical (unpaired) electrons. The minimum absolute atomic E-state index is 0.0566. The first-order valence-electron chi connectivity index (χ1n) is 9.01. The molecule has 148 valence electrons. The van der Waals surface area contributed by atoms with Gasteiger partial charge in [-0.25, -0.2) is 0 Å². The van der Waals surface area contributed by atoms with Crippen LogP contribution < -0.4 is 4.90 Å². The van der Waals surface area contributed by atoms with E-state index < -0.39 is 4.92 Å². The van der Waals surface area contributed by atoms with Crippen LogP contribution in [0.1, 0.15) is 12.0 Å². The van der Waals surface area contributed by atoms with E-state index in [1.54, 1.807) is 12.1 Å². The Kier molecular flexibility index (Phi) is 6.49. The molecule has 2 aromatic carbocycles. The first-order chi connectivity index (χ1) is 13.5. The second kappa shape index (κ2) is 9.03. The Balaban J connectivity index is 1.85. The van der Waals surface area contributed by atoms with Gasteiger partial charge in [-0.05, 0) is 17.7 Å². The average Bonchev–Trinajstić information content (AvgIpc) is 2.69. The van der Waals surface area contributed by atoms with Crippen molar-refractivity contribution in [1.82, 2.24) is 4.90 Å². The van der Waals surface area contributed by atoms with Crippen LogP contribution >= 0.6 is 11.6 Å². The van der Waals surface area contributed by atoms with Crippen molar-refractivity contribution in [3.05, 3.63) is 69.2 Å². The van der Waals surface area contributed by atoms with Gasteiger partial charge in [0.2, 0.25) is 0 Å². The number of halogens is 1. The van der Waals surface area contributed by atoms with Gasteiger partial charge in [0.1, 0.15) is 5.69 Å². The van der Waals surface area contributed by atoms with Gasteiger partial charge in [0.05, 0.1) is 24.5 Å². The van der Waals surface area contributed by atoms with Crippen LogP contribution in [-0.2, 0) is 16.1 Å². The van der Waals surface area contributed by atoms with Gasteiger partial charge in [0.25, 0.3) is 5.69 Å². The maximum atomic E-state index is 12.0. The molecule has 3 rings (SSSR count). The van der Waals surface area contributed by atoms with Crippen LogP contribution in [0.4, 0.5) is 11.4 Å². The molecule has 1 fully saturated rings. The minimum Gasteiger partial charge on any atom is -0.469 e. The van der Waals surface area contributed by atoms with Crippen molar-refractivity contribution in [3.8, 4) is 0 Å². The SMILES string of the molecule is COC(=O)CC1CN(Cc2ccccc2)CCN1c1ccc(Cl)cc1[N+](=O)[O-]. The second-order valence-electron chi connectivity index (χ2n) is 6.74. The fourth-order valence-electron chi connectivity index (χ4n) is 3.56. The summed E-state index contributed by atoms with van der Waals surface area (Å²) >= 11 is 5.95. The van der Waals surface area contributed by atoms with Crippen LogP contribution in [0.15, 0.2) is 48.5 Å². The van der Waals surface area contributed by atoms with Crippen LogP contribution in [0.3, 0.4) is 0 Å². The largest absolute Gasteiger partial charge is 0.469 e. The van der Waals surface area contributed by atoms with E-state index in [0.717, 1.165) is 13.1 Å². The number of ether oxygens (including phenoxy) is 1. The molecule has 2 aromatic rings. The van der Waals surface area contributed by atoms with Gasteiger partial charge in [0.15, 0.2) is 0 Å². The van der Waals surface area contributed by atoms with Crippen molar-refractivity contribution in [3.63, 3.8) is 0 Å². The molecule has 28 heavy (non-hydrogen) atoms. The zero-order valence-electron chi connectivity index (χ0n) is 15.6. The number of carbonyl (C=O) groups excluding carboxylic acids is 1. The van der Waals surface area contributed by atoms with E-state index in [4.69, 9.17) is 16.3 Å². The third-order valence-electron chi connectivity index (χ3n) is 4.89. The van der Waals surface area contributed by atoms with Crippen molar-refractivity contribution in [2.75, 3.05) is 31.6 Å². The van der Waals surface area contributed by atoms with Gasteiger partial charge in [-0.1, -0.05) is 41.9 Å². The molecular formula is C20H22ClN3O4. The Hall–Kier alpha value is -2.64. The van der Waals surface area contributed by atoms with E-state index in [2.05, 4.69) is 17.0 Å². The van der Waals surface area contributed by atoms with Crippen molar-refractivity contribution in [2.24, 2.45) is 0 Å². The summed E-state index contributed by atoms with van der Waals surface area (Å²) in [6.07, 6.45) is 0.154. The Morgan fingerprint density at radius 2 is 2.00 bits per heavy atom. The molecule has 8 heteroatoms. The third kappa shape index (κ3) is 4.79. The van der Waals surface area contributed by atoms with Crippen LogP contribution in [0, 0.1) is 10.1 Å². The number of methoxy groups -OCH3 is 1. The molecule has 0 spiro atoms. The summed E-state index contributed by atoms with van der Waals surface area (Å²) in [6, 6.07) is 14.5. The summed E-state index contributed by atoms with van der Waals surface area (Å²) in [6.45, 7) is 2.65. The van der Waals surface area contributed by atoms with Gasteiger partial charge >= 0.3 is 5.97 Å². The number of hydrogen-bond acceptors (Lipinski definition) is 6. The van der Waals surface area contributed by atoms with E-state index in [-0.39, 0.29) is 24.1 Å². The molecule has 1 aliphatic heterocycles. The normalized spacial score (nSPS) is 17.4. The summed E-state index contributed by atoms with van der Waals surface area (Å²) in [5, 5.41) is 11.8. The molecule has 0 saturated carbocycles. The summed E-state index contributed by atoms with van der Waals surface area (Å²) < 4.78 is 4.85. The van der Waals surface area contributed by atoms with Crippen LogP contribution in [0.5, 0.6) is 0 Å². The first kappa shape index (κ1) is 20.1. The van der Waals surface area contributed by atoms with Crippen molar-refractivity contribution in [2.45, 2.75) is 19.0 Å². The molecule has 1 atom stereocenters. The molecule has 0 aromatic heterocycles. The lowest BCUT2D eigenvalue weighted by Gasteiger charge is -2.42. The zero-order chi connectivity index (χ0) is 20.1. The highest BCUT2D eigenvalue weighted by atomic mass is 35.5. The van der Waals surface area contributed by atoms with Crippen molar-refractivity contribution < 1.29 is 14.5 Å². The number of nitrogens with zero attached hydrogens (tertiary/aromatic N) is 3. The monoisotopic (exact) mass is 403 g/mol. The Labute approximate surface area is 168 Å². The first-order valence-corrected chi connectivity index (χ1v) is 9.39. The topological polar surface area (TPSA) is 75.9 Å². The fourth-order valence-corrected chi connectivity index (χ4v) is 3.72. The number of esters is 1. The van der Waals surface area contributed by atoms with Crippen LogP contribution in [-0.4, -0.2) is 48.6 Å². The Morgan fingerprint density at radius 3 is 2.68 bits per heavy atom. The number of carbonyl (C=O) groups is 1. The second-order valence-corrected chi connectivity index (χ2v) is 7.17. The zero-order valence-corrected chi connectivity index (χ0v) is 16.3. The maximum absolute atomic E-state index is 12.0. The molecule has 1 unspecified atom stereocenters. The molecule has 0 bridgehead atoms. The van der Waals surface area contributed by atoms with Crippen molar-refractivity contribution >= 4 is 28.9 Å². The molecular weight excluding hydrogens is 382 g/mol. The number of rotatable bonds is 6. The lowest BCUT2D eigenvalue weighted by atomic mass is 10.1. The lowest BCUT2D eigenvalue weighted by Crippen LogP contribution is -2.53. The average molecular weight is 404 g/mol. The molecule has 0 amide bonds. The Bertz CT molecular complexity index is 847. The van der Waals surface area contributed by atoms with Crippen LogP contribution in [0.25, 0.3) is 0 Å². The van der Waals surface area contributed by atoms with Gasteiger partial charge in [-0.2, -0.15) is 0 Å². The predicted octanol–water partition coefficient (Wildman–Crippen LogP) is 3.50. The fraction of sp³-hybridized carbons (Fsp3) is 0.350. The van der Waals surface area contributed by atoms with E-state index in [0.29, 0.717) is 23.8 Å². The molecule has 0 N–H and O–H groups in total. The minimum atomic E-state index is -0.438. The molecule has 1 heterocycles. The number of anilines is 1. The molecule has 7 nitrogen and oxygen atoms in total. The standard InChI is InChI=1S/C20H22ClN3O4/c1-28-20(25)12-17-14-22(13-15-5-3-2-4-6-15)9-10-23(17)18-8-7-16(21)11-19(18)24(26)27/h2-8,11,17H,9-10,12-14H2,1H3. The third-order valence-corrected chi connectivity index (χ3v) is 5.12. The summed E-state index contributed by atoms with van der Waals surface area (Å²) in [4.78, 5) is 27.2. The van der Waals surface area contributed by atoms with E-state index in [1.165, 1.54) is 18.7 Å². The summed E-state index contributed by atoms with van der Waals surface area (Å²) in [5.41, 5.74) is 1.60. The van der Waals surface area contributed by atoms with Gasteiger partial charge in [0, 0.05) is 37.3 Å². The van der Waals surface area contributed by atoms with E-state index in [9.17, 15) is 14.9 Å². The molecule has 1 aliphatic rings. The van der Waals surface area contributed by atoms with Gasteiger partial charge < -0.3 is 9.64 Å². The maximum Gasteiger partial charge on any atom is 0.307 e. The summed E-state index contributed by atoms with van der Waals surface area (Å²) in [7, 11) is 1.35. The highest BCUT2D eigenvalue weighted by Crippen LogP contribution is 2.34. The Morgan fingerprint density at radius 1 is 1.25 bits per heavy atom. The number of nitro benzene ring substituents is 1. The number of benzene rings is 2. The quantitative estimate of drug-likeness (QED) is 0.417. The molecule has 1 saturated heterocycles. The van der Waals surface area contributed by atoms with Crippen molar-refractivity contribution in [1.29, 1.82) is 0 Å². The van der Waals surface area contributed by atoms with Crippen LogP contribution in [0.2, 0.25) is 5.02 Å². The lowest BCUT2D eigenvalue weighted by molar-refractivity contribution is -0.384. The highest BCUT2D eigenvalue weighted by molar-refractivity contribution is 6.30. The highest BCUT2D eigenvalue weighted by Gasteiger charge is 2.33. The van der Waals surface area contributed by atoms with E-state index in [1.807, 2.05) is 23.1 Å². The van der Waals surface area contributed by atoms with Gasteiger partial charge in [-0.15, -0.1) is 0 Å².